The molecule has 1 saturated heterocycles. The van der Waals surface area contributed by atoms with Crippen molar-refractivity contribution in [2.45, 2.75) is 57.0 Å². The van der Waals surface area contributed by atoms with Crippen LogP contribution in [0.5, 0.6) is 0 Å². The zero-order valence-electron chi connectivity index (χ0n) is 14.9. The van der Waals surface area contributed by atoms with Crippen molar-refractivity contribution in [2.24, 2.45) is 5.92 Å². The lowest BCUT2D eigenvalue weighted by molar-refractivity contribution is -0.124. The van der Waals surface area contributed by atoms with Crippen LogP contribution in [0, 0.1) is 5.92 Å². The molecule has 3 rings (SSSR count). The zero-order valence-corrected chi connectivity index (χ0v) is 14.9. The van der Waals surface area contributed by atoms with E-state index in [1.54, 1.807) is 18.1 Å². The van der Waals surface area contributed by atoms with Crippen LogP contribution in [0.3, 0.4) is 0 Å². The SMILES string of the molecule is CNC(=O)[C@@H]1CCCN1C(=O)N[C@@H](c1cccnc1)C1CCCCC1. The smallest absolute Gasteiger partial charge is 0.318 e. The number of nitrogens with one attached hydrogen (secondary N) is 2. The maximum absolute atomic E-state index is 12.9. The van der Waals surface area contributed by atoms with Crippen molar-refractivity contribution >= 4 is 11.9 Å². The summed E-state index contributed by atoms with van der Waals surface area (Å²) >= 11 is 0. The Kier molecular flexibility index (Phi) is 5.89. The first-order chi connectivity index (χ1) is 12.2. The molecular weight excluding hydrogens is 316 g/mol. The largest absolute Gasteiger partial charge is 0.357 e. The molecule has 0 aromatic carbocycles. The maximum Gasteiger partial charge on any atom is 0.318 e. The first kappa shape index (κ1) is 17.7. The fourth-order valence-electron chi connectivity index (χ4n) is 4.17. The fourth-order valence-corrected chi connectivity index (χ4v) is 4.17. The molecule has 1 saturated carbocycles. The van der Waals surface area contributed by atoms with Gasteiger partial charge in [-0.1, -0.05) is 25.3 Å². The van der Waals surface area contributed by atoms with Crippen LogP contribution in [0.1, 0.15) is 56.6 Å². The van der Waals surface area contributed by atoms with Crippen LogP contribution in [0.4, 0.5) is 4.79 Å². The molecule has 1 aromatic rings. The van der Waals surface area contributed by atoms with E-state index in [0.29, 0.717) is 12.5 Å². The number of carbonyl (C=O) groups is 2. The molecule has 6 heteroatoms. The summed E-state index contributed by atoms with van der Waals surface area (Å²) in [5.41, 5.74) is 1.05. The second kappa shape index (κ2) is 8.32. The Morgan fingerprint density at radius 2 is 2.00 bits per heavy atom. The summed E-state index contributed by atoms with van der Waals surface area (Å²) in [5, 5.41) is 5.89. The molecule has 2 fully saturated rings. The maximum atomic E-state index is 12.9. The van der Waals surface area contributed by atoms with Crippen molar-refractivity contribution < 1.29 is 9.59 Å². The molecule has 1 aliphatic heterocycles. The Morgan fingerprint density at radius 3 is 2.68 bits per heavy atom. The number of amides is 3. The topological polar surface area (TPSA) is 74.3 Å². The molecular formula is C19H28N4O2. The minimum Gasteiger partial charge on any atom is -0.357 e. The monoisotopic (exact) mass is 344 g/mol. The van der Waals surface area contributed by atoms with E-state index in [4.69, 9.17) is 0 Å². The standard InChI is InChI=1S/C19H28N4O2/c1-20-18(24)16-10-6-12-23(16)19(25)22-17(14-7-3-2-4-8-14)15-9-5-11-21-13-15/h5,9,11,13-14,16-17H,2-4,6-8,10,12H2,1H3,(H,20,24)(H,22,25)/t16-,17+/m0/s1. The number of pyridine rings is 1. The van der Waals surface area contributed by atoms with Gasteiger partial charge >= 0.3 is 6.03 Å². The number of likely N-dealkylation sites (N-methyl/N-ethyl adjacent to an activating group) is 1. The van der Waals surface area contributed by atoms with Gasteiger partial charge in [-0.15, -0.1) is 0 Å². The molecule has 0 bridgehead atoms. The summed E-state index contributed by atoms with van der Waals surface area (Å²) in [6, 6.07) is 3.43. The van der Waals surface area contributed by atoms with Crippen LogP contribution < -0.4 is 10.6 Å². The Morgan fingerprint density at radius 1 is 1.20 bits per heavy atom. The fraction of sp³-hybridized carbons (Fsp3) is 0.632. The van der Waals surface area contributed by atoms with Gasteiger partial charge in [0.25, 0.3) is 0 Å². The lowest BCUT2D eigenvalue weighted by Gasteiger charge is -2.33. The van der Waals surface area contributed by atoms with Gasteiger partial charge in [0.1, 0.15) is 6.04 Å². The number of hydrogen-bond donors (Lipinski definition) is 2. The van der Waals surface area contributed by atoms with Crippen LogP contribution in [0.25, 0.3) is 0 Å². The molecule has 0 radical (unpaired) electrons. The molecule has 0 spiro atoms. The van der Waals surface area contributed by atoms with Gasteiger partial charge in [-0.05, 0) is 43.2 Å². The van der Waals surface area contributed by atoms with Gasteiger partial charge in [-0.25, -0.2) is 4.79 Å². The van der Waals surface area contributed by atoms with Gasteiger partial charge in [0.2, 0.25) is 5.91 Å². The number of carbonyl (C=O) groups excluding carboxylic acids is 2. The highest BCUT2D eigenvalue weighted by atomic mass is 16.2. The van der Waals surface area contributed by atoms with Crippen LogP contribution in [-0.2, 0) is 4.79 Å². The van der Waals surface area contributed by atoms with Gasteiger partial charge in [-0.2, -0.15) is 0 Å². The van der Waals surface area contributed by atoms with E-state index in [2.05, 4.69) is 15.6 Å². The molecule has 0 unspecified atom stereocenters. The number of aromatic nitrogens is 1. The number of nitrogens with zero attached hydrogens (tertiary/aromatic N) is 2. The van der Waals surface area contributed by atoms with Crippen molar-refractivity contribution in [3.8, 4) is 0 Å². The minimum absolute atomic E-state index is 0.0348. The van der Waals surface area contributed by atoms with Crippen LogP contribution in [0.15, 0.2) is 24.5 Å². The minimum atomic E-state index is -0.356. The quantitative estimate of drug-likeness (QED) is 0.882. The molecule has 136 valence electrons. The summed E-state index contributed by atoms with van der Waals surface area (Å²) < 4.78 is 0. The summed E-state index contributed by atoms with van der Waals surface area (Å²) in [5.74, 6) is 0.353. The van der Waals surface area contributed by atoms with Gasteiger partial charge in [0.15, 0.2) is 0 Å². The molecule has 2 N–H and O–H groups in total. The van der Waals surface area contributed by atoms with Gasteiger partial charge in [0, 0.05) is 26.0 Å². The highest BCUT2D eigenvalue weighted by molar-refractivity contribution is 5.87. The summed E-state index contributed by atoms with van der Waals surface area (Å²) in [6.07, 6.45) is 11.1. The Balaban J connectivity index is 1.75. The summed E-state index contributed by atoms with van der Waals surface area (Å²) in [7, 11) is 1.62. The van der Waals surface area contributed by atoms with E-state index in [1.165, 1.54) is 19.3 Å². The number of rotatable bonds is 4. The molecule has 2 heterocycles. The lowest BCUT2D eigenvalue weighted by Crippen LogP contribution is -2.50. The van der Waals surface area contributed by atoms with Crippen molar-refractivity contribution in [2.75, 3.05) is 13.6 Å². The normalized spacial score (nSPS) is 22.4. The van der Waals surface area contributed by atoms with Crippen molar-refractivity contribution in [3.63, 3.8) is 0 Å². The van der Waals surface area contributed by atoms with E-state index < -0.39 is 0 Å². The molecule has 2 atom stereocenters. The molecule has 1 aromatic heterocycles. The molecule has 3 amide bonds. The van der Waals surface area contributed by atoms with Crippen LogP contribution in [-0.4, -0.2) is 41.5 Å². The first-order valence-corrected chi connectivity index (χ1v) is 9.39. The predicted molar refractivity (Wildman–Crippen MR) is 95.9 cm³/mol. The highest BCUT2D eigenvalue weighted by Crippen LogP contribution is 2.34. The number of hydrogen-bond acceptors (Lipinski definition) is 3. The summed E-state index contributed by atoms with van der Waals surface area (Å²) in [6.45, 7) is 0.633. The number of urea groups is 1. The van der Waals surface area contributed by atoms with Crippen LogP contribution >= 0.6 is 0 Å². The van der Waals surface area contributed by atoms with E-state index in [-0.39, 0.29) is 24.0 Å². The second-order valence-electron chi connectivity index (χ2n) is 7.08. The van der Waals surface area contributed by atoms with E-state index >= 15 is 0 Å². The lowest BCUT2D eigenvalue weighted by atomic mass is 9.81. The van der Waals surface area contributed by atoms with Crippen molar-refractivity contribution in [1.82, 2.24) is 20.5 Å². The summed E-state index contributed by atoms with van der Waals surface area (Å²) in [4.78, 5) is 30.9. The molecule has 1 aliphatic carbocycles. The van der Waals surface area contributed by atoms with Crippen LogP contribution in [0.2, 0.25) is 0 Å². The third-order valence-corrected chi connectivity index (χ3v) is 5.51. The van der Waals surface area contributed by atoms with Gasteiger partial charge < -0.3 is 15.5 Å². The van der Waals surface area contributed by atoms with E-state index in [0.717, 1.165) is 31.2 Å². The predicted octanol–water partition coefficient (Wildman–Crippen LogP) is 2.62. The van der Waals surface area contributed by atoms with E-state index in [1.807, 2.05) is 18.3 Å². The highest BCUT2D eigenvalue weighted by Gasteiger charge is 2.35. The average molecular weight is 344 g/mol. The molecule has 6 nitrogen and oxygen atoms in total. The number of likely N-dealkylation sites (tertiary alicyclic amines) is 1. The van der Waals surface area contributed by atoms with Gasteiger partial charge in [0.05, 0.1) is 6.04 Å². The second-order valence-corrected chi connectivity index (χ2v) is 7.08. The third-order valence-electron chi connectivity index (χ3n) is 5.51. The Bertz CT molecular complexity index is 586. The van der Waals surface area contributed by atoms with Crippen molar-refractivity contribution in [3.05, 3.63) is 30.1 Å². The average Bonchev–Trinajstić information content (AvgIpc) is 3.16. The molecule has 2 aliphatic rings. The Hall–Kier alpha value is -2.11. The third kappa shape index (κ3) is 4.11. The first-order valence-electron chi connectivity index (χ1n) is 9.39. The van der Waals surface area contributed by atoms with Gasteiger partial charge in [-0.3, -0.25) is 9.78 Å². The van der Waals surface area contributed by atoms with E-state index in [9.17, 15) is 9.59 Å². The molecule has 25 heavy (non-hydrogen) atoms. The zero-order chi connectivity index (χ0) is 17.6. The van der Waals surface area contributed by atoms with Crippen molar-refractivity contribution in [1.29, 1.82) is 0 Å². The Labute approximate surface area is 149 Å².